The number of benzene rings is 2. The number of para-hydroxylation sites is 1. The quantitative estimate of drug-likeness (QED) is 0.627. The van der Waals surface area contributed by atoms with Crippen molar-refractivity contribution in [3.05, 3.63) is 52.0 Å². The van der Waals surface area contributed by atoms with Gasteiger partial charge in [-0.15, -0.1) is 11.3 Å². The molecule has 1 atom stereocenters. The van der Waals surface area contributed by atoms with E-state index in [0.717, 1.165) is 15.2 Å². The van der Waals surface area contributed by atoms with Crippen LogP contribution < -0.4 is 9.47 Å². The first-order valence-corrected chi connectivity index (χ1v) is 9.19. The van der Waals surface area contributed by atoms with Crippen LogP contribution in [0.3, 0.4) is 0 Å². The SMILES string of the molecule is COc1cc(C(=O)N(C)[C@H](C)c2nc3ccccc3s2)cc(Cl)c1OC. The number of methoxy groups -OCH3 is 2. The van der Waals surface area contributed by atoms with Gasteiger partial charge < -0.3 is 14.4 Å². The van der Waals surface area contributed by atoms with E-state index in [9.17, 15) is 4.79 Å². The smallest absolute Gasteiger partial charge is 0.254 e. The maximum atomic E-state index is 12.9. The molecule has 0 spiro atoms. The van der Waals surface area contributed by atoms with Gasteiger partial charge in [0.05, 0.1) is 35.5 Å². The van der Waals surface area contributed by atoms with Crippen molar-refractivity contribution >= 4 is 39.1 Å². The molecule has 5 nitrogen and oxygen atoms in total. The third kappa shape index (κ3) is 3.34. The van der Waals surface area contributed by atoms with Gasteiger partial charge >= 0.3 is 0 Å². The first kappa shape index (κ1) is 18.5. The molecule has 3 aromatic rings. The average molecular weight is 391 g/mol. The summed E-state index contributed by atoms with van der Waals surface area (Å²) in [6, 6.07) is 11.0. The van der Waals surface area contributed by atoms with Crippen molar-refractivity contribution in [1.82, 2.24) is 9.88 Å². The molecule has 1 amide bonds. The molecule has 2 aromatic carbocycles. The minimum absolute atomic E-state index is 0.167. The highest BCUT2D eigenvalue weighted by atomic mass is 35.5. The summed E-state index contributed by atoms with van der Waals surface area (Å²) in [4.78, 5) is 19.2. The van der Waals surface area contributed by atoms with Crippen LogP contribution in [0, 0.1) is 0 Å². The minimum atomic E-state index is -0.174. The monoisotopic (exact) mass is 390 g/mol. The normalized spacial score (nSPS) is 12.0. The number of amides is 1. The first-order valence-electron chi connectivity index (χ1n) is 8.00. The fraction of sp³-hybridized carbons (Fsp3) is 0.263. The topological polar surface area (TPSA) is 51.7 Å². The Bertz CT molecular complexity index is 924. The highest BCUT2D eigenvalue weighted by Gasteiger charge is 2.24. The second-order valence-corrected chi connectivity index (χ2v) is 7.27. The van der Waals surface area contributed by atoms with Crippen LogP contribution in [0.25, 0.3) is 10.2 Å². The van der Waals surface area contributed by atoms with Crippen molar-refractivity contribution in [1.29, 1.82) is 0 Å². The second-order valence-electron chi connectivity index (χ2n) is 5.81. The summed E-state index contributed by atoms with van der Waals surface area (Å²) in [5.74, 6) is 0.664. The fourth-order valence-electron chi connectivity index (χ4n) is 2.66. The van der Waals surface area contributed by atoms with Gasteiger partial charge in [0.1, 0.15) is 5.01 Å². The summed E-state index contributed by atoms with van der Waals surface area (Å²) in [5, 5.41) is 1.21. The number of ether oxygens (including phenoxy) is 2. The van der Waals surface area contributed by atoms with E-state index in [0.29, 0.717) is 22.1 Å². The van der Waals surface area contributed by atoms with Gasteiger partial charge in [-0.05, 0) is 31.2 Å². The maximum Gasteiger partial charge on any atom is 0.254 e. The Hall–Kier alpha value is -2.31. The largest absolute Gasteiger partial charge is 0.493 e. The van der Waals surface area contributed by atoms with Crippen LogP contribution >= 0.6 is 22.9 Å². The van der Waals surface area contributed by atoms with E-state index in [1.54, 1.807) is 35.4 Å². The predicted molar refractivity (Wildman–Crippen MR) is 105 cm³/mol. The Morgan fingerprint density at radius 3 is 2.62 bits per heavy atom. The van der Waals surface area contributed by atoms with E-state index in [2.05, 4.69) is 4.98 Å². The highest BCUT2D eigenvalue weighted by molar-refractivity contribution is 7.18. The van der Waals surface area contributed by atoms with Crippen LogP contribution in [0.2, 0.25) is 5.02 Å². The van der Waals surface area contributed by atoms with Crippen LogP contribution in [-0.4, -0.2) is 37.1 Å². The van der Waals surface area contributed by atoms with Gasteiger partial charge in [-0.3, -0.25) is 4.79 Å². The number of carbonyl (C=O) groups excluding carboxylic acids is 1. The number of nitrogens with zero attached hydrogens (tertiary/aromatic N) is 2. The van der Waals surface area contributed by atoms with Crippen LogP contribution in [0.1, 0.15) is 28.3 Å². The van der Waals surface area contributed by atoms with Crippen LogP contribution in [0.5, 0.6) is 11.5 Å². The van der Waals surface area contributed by atoms with E-state index in [1.807, 2.05) is 31.2 Å². The molecule has 0 aliphatic rings. The molecule has 0 fully saturated rings. The highest BCUT2D eigenvalue weighted by Crippen LogP contribution is 2.37. The summed E-state index contributed by atoms with van der Waals surface area (Å²) in [6.45, 7) is 1.96. The molecular formula is C19H19ClN2O3S. The summed E-state index contributed by atoms with van der Waals surface area (Å²) in [6.07, 6.45) is 0. The zero-order chi connectivity index (χ0) is 18.8. The summed E-state index contributed by atoms with van der Waals surface area (Å²) < 4.78 is 11.6. The van der Waals surface area contributed by atoms with Crippen LogP contribution in [0.4, 0.5) is 0 Å². The number of rotatable bonds is 5. The molecule has 0 bridgehead atoms. The molecule has 3 rings (SSSR count). The summed E-state index contributed by atoms with van der Waals surface area (Å²) in [5.41, 5.74) is 1.37. The van der Waals surface area contributed by atoms with Crippen molar-refractivity contribution < 1.29 is 14.3 Å². The van der Waals surface area contributed by atoms with Crippen molar-refractivity contribution in [2.45, 2.75) is 13.0 Å². The molecule has 0 aliphatic carbocycles. The molecule has 26 heavy (non-hydrogen) atoms. The Labute approximate surface area is 161 Å². The van der Waals surface area contributed by atoms with Crippen molar-refractivity contribution in [2.24, 2.45) is 0 Å². The first-order chi connectivity index (χ1) is 12.5. The standard InChI is InChI=1S/C19H19ClN2O3S/c1-11(18-21-14-7-5-6-8-16(14)26-18)22(2)19(23)12-9-13(20)17(25-4)15(10-12)24-3/h5-11H,1-4H3/t11-/m1/s1. The fourth-order valence-corrected chi connectivity index (χ4v) is 4.01. The number of aromatic nitrogens is 1. The van der Waals surface area contributed by atoms with Gasteiger partial charge in [0.15, 0.2) is 11.5 Å². The van der Waals surface area contributed by atoms with E-state index >= 15 is 0 Å². The van der Waals surface area contributed by atoms with Gasteiger partial charge in [-0.1, -0.05) is 23.7 Å². The van der Waals surface area contributed by atoms with Crippen LogP contribution in [0.15, 0.2) is 36.4 Å². The summed E-state index contributed by atoms with van der Waals surface area (Å²) in [7, 11) is 4.77. The van der Waals surface area contributed by atoms with Gasteiger partial charge in [-0.2, -0.15) is 0 Å². The zero-order valence-corrected chi connectivity index (χ0v) is 16.5. The van der Waals surface area contributed by atoms with Crippen molar-refractivity contribution in [2.75, 3.05) is 21.3 Å². The zero-order valence-electron chi connectivity index (χ0n) is 14.9. The molecule has 0 aliphatic heterocycles. The molecule has 0 saturated heterocycles. The third-order valence-electron chi connectivity index (χ3n) is 4.25. The van der Waals surface area contributed by atoms with E-state index < -0.39 is 0 Å². The van der Waals surface area contributed by atoms with Gasteiger partial charge in [0.25, 0.3) is 5.91 Å². The lowest BCUT2D eigenvalue weighted by atomic mass is 10.1. The van der Waals surface area contributed by atoms with E-state index in [1.165, 1.54) is 14.2 Å². The lowest BCUT2D eigenvalue weighted by molar-refractivity contribution is 0.0742. The van der Waals surface area contributed by atoms with Crippen LogP contribution in [-0.2, 0) is 0 Å². The van der Waals surface area contributed by atoms with Crippen molar-refractivity contribution in [3.8, 4) is 11.5 Å². The number of halogens is 1. The second kappa shape index (κ2) is 7.51. The summed E-state index contributed by atoms with van der Waals surface area (Å²) >= 11 is 7.81. The number of hydrogen-bond acceptors (Lipinski definition) is 5. The van der Waals surface area contributed by atoms with E-state index in [-0.39, 0.29) is 11.9 Å². The number of hydrogen-bond donors (Lipinski definition) is 0. The lowest BCUT2D eigenvalue weighted by Gasteiger charge is -2.24. The van der Waals surface area contributed by atoms with Gasteiger partial charge in [0.2, 0.25) is 0 Å². The van der Waals surface area contributed by atoms with Gasteiger partial charge in [-0.25, -0.2) is 4.98 Å². The molecule has 0 unspecified atom stereocenters. The Kier molecular flexibility index (Phi) is 5.34. The molecule has 1 aromatic heterocycles. The molecular weight excluding hydrogens is 372 g/mol. The number of thiazole rings is 1. The number of carbonyl (C=O) groups is 1. The Morgan fingerprint density at radius 1 is 1.23 bits per heavy atom. The molecule has 0 N–H and O–H groups in total. The minimum Gasteiger partial charge on any atom is -0.493 e. The molecule has 136 valence electrons. The molecule has 1 heterocycles. The van der Waals surface area contributed by atoms with Crippen molar-refractivity contribution in [3.63, 3.8) is 0 Å². The Morgan fingerprint density at radius 2 is 1.96 bits per heavy atom. The third-order valence-corrected chi connectivity index (χ3v) is 5.74. The Balaban J connectivity index is 1.90. The lowest BCUT2D eigenvalue weighted by Crippen LogP contribution is -2.29. The predicted octanol–water partition coefficient (Wildman–Crippen LogP) is 4.80. The molecule has 0 radical (unpaired) electrons. The van der Waals surface area contributed by atoms with E-state index in [4.69, 9.17) is 21.1 Å². The maximum absolute atomic E-state index is 12.9. The molecule has 7 heteroatoms. The average Bonchev–Trinajstić information content (AvgIpc) is 3.09. The number of fused-ring (bicyclic) bond motifs is 1. The molecule has 0 saturated carbocycles. The van der Waals surface area contributed by atoms with Gasteiger partial charge in [0, 0.05) is 12.6 Å².